The van der Waals surface area contributed by atoms with Gasteiger partial charge in [-0.2, -0.15) is 0 Å². The number of hydrogen-bond donors (Lipinski definition) is 2. The fourth-order valence-corrected chi connectivity index (χ4v) is 5.36. The van der Waals surface area contributed by atoms with Crippen LogP contribution in [0.2, 0.25) is 0 Å². The van der Waals surface area contributed by atoms with E-state index in [1.165, 1.54) is 22.5 Å². The predicted octanol–water partition coefficient (Wildman–Crippen LogP) is 4.22. The van der Waals surface area contributed by atoms with Gasteiger partial charge in [0.2, 0.25) is 5.91 Å². The van der Waals surface area contributed by atoms with Gasteiger partial charge in [0.15, 0.2) is 0 Å². The molecule has 2 N–H and O–H groups in total. The number of carbonyl (C=O) groups is 2. The number of amides is 2. The van der Waals surface area contributed by atoms with Crippen molar-refractivity contribution in [3.8, 4) is 0 Å². The minimum absolute atomic E-state index is 0.0178. The summed E-state index contributed by atoms with van der Waals surface area (Å²) in [4.78, 5) is 34.8. The number of carbonyl (C=O) groups excluding carboxylic acids is 2. The Morgan fingerprint density at radius 1 is 0.971 bits per heavy atom. The zero-order valence-corrected chi connectivity index (χ0v) is 20.7. The number of nitrogens with zero attached hydrogens (tertiary/aromatic N) is 2. The first-order valence-electron chi connectivity index (χ1n) is 12.0. The van der Waals surface area contributed by atoms with Crippen LogP contribution >= 0.6 is 11.3 Å². The number of rotatable bonds is 7. The van der Waals surface area contributed by atoms with Crippen molar-refractivity contribution < 1.29 is 9.59 Å². The third-order valence-electron chi connectivity index (χ3n) is 6.79. The van der Waals surface area contributed by atoms with E-state index >= 15 is 0 Å². The highest BCUT2D eigenvalue weighted by atomic mass is 32.1. The molecule has 1 aliphatic rings. The highest BCUT2D eigenvalue weighted by molar-refractivity contribution is 7.12. The molecule has 180 valence electrons. The van der Waals surface area contributed by atoms with E-state index in [1.54, 1.807) is 6.07 Å². The molecular weight excluding hydrogens is 456 g/mol. The van der Waals surface area contributed by atoms with Crippen LogP contribution in [0.3, 0.4) is 0 Å². The first-order chi connectivity index (χ1) is 17.1. The van der Waals surface area contributed by atoms with Crippen LogP contribution in [0.1, 0.15) is 26.4 Å². The summed E-state index contributed by atoms with van der Waals surface area (Å²) in [5.41, 5.74) is 4.68. The highest BCUT2D eigenvalue weighted by Crippen LogP contribution is 2.21. The molecule has 0 radical (unpaired) electrons. The maximum atomic E-state index is 13.7. The Hall–Kier alpha value is -3.42. The average molecular weight is 487 g/mol. The fourth-order valence-electron chi connectivity index (χ4n) is 4.73. The fraction of sp³-hybridized carbons (Fsp3) is 0.286. The Labute approximate surface area is 209 Å². The SMILES string of the molecule is Cc1ccccc1CN1CCN(C(=O)[C@H](Cc2c[nH]c3ccccc23)NC(=O)c2cccs2)CC1. The van der Waals surface area contributed by atoms with Crippen LogP contribution in [0.25, 0.3) is 10.9 Å². The number of hydrogen-bond acceptors (Lipinski definition) is 4. The van der Waals surface area contributed by atoms with E-state index < -0.39 is 6.04 Å². The maximum absolute atomic E-state index is 13.7. The monoisotopic (exact) mass is 486 g/mol. The summed E-state index contributed by atoms with van der Waals surface area (Å²) >= 11 is 1.38. The Morgan fingerprint density at radius 3 is 2.51 bits per heavy atom. The van der Waals surface area contributed by atoms with Crippen LogP contribution < -0.4 is 5.32 Å². The Bertz CT molecular complexity index is 1310. The number of H-pyrrole nitrogens is 1. The van der Waals surface area contributed by atoms with Crippen molar-refractivity contribution in [2.24, 2.45) is 0 Å². The number of benzene rings is 2. The van der Waals surface area contributed by atoms with Crippen LogP contribution in [0, 0.1) is 6.92 Å². The zero-order chi connectivity index (χ0) is 24.2. The molecule has 0 unspecified atom stereocenters. The largest absolute Gasteiger partial charge is 0.361 e. The van der Waals surface area contributed by atoms with Gasteiger partial charge in [0.1, 0.15) is 6.04 Å². The number of piperazine rings is 1. The van der Waals surface area contributed by atoms with Crippen LogP contribution in [-0.4, -0.2) is 58.8 Å². The summed E-state index contributed by atoms with van der Waals surface area (Å²) in [7, 11) is 0. The van der Waals surface area contributed by atoms with Crippen LogP contribution in [0.15, 0.2) is 72.2 Å². The molecule has 35 heavy (non-hydrogen) atoms. The lowest BCUT2D eigenvalue weighted by atomic mass is 10.0. The molecule has 3 heterocycles. The number of fused-ring (bicyclic) bond motifs is 1. The van der Waals surface area contributed by atoms with E-state index in [1.807, 2.05) is 46.8 Å². The van der Waals surface area contributed by atoms with Gasteiger partial charge < -0.3 is 15.2 Å². The summed E-state index contributed by atoms with van der Waals surface area (Å²) in [6.45, 7) is 5.98. The zero-order valence-electron chi connectivity index (χ0n) is 19.9. The van der Waals surface area contributed by atoms with Gasteiger partial charge in [-0.15, -0.1) is 11.3 Å². The first-order valence-corrected chi connectivity index (χ1v) is 12.9. The second-order valence-electron chi connectivity index (χ2n) is 9.09. The van der Waals surface area contributed by atoms with E-state index in [9.17, 15) is 9.59 Å². The molecule has 1 aliphatic heterocycles. The topological polar surface area (TPSA) is 68.4 Å². The quantitative estimate of drug-likeness (QED) is 0.411. The van der Waals surface area contributed by atoms with E-state index in [0.717, 1.165) is 36.1 Å². The van der Waals surface area contributed by atoms with Gasteiger partial charge in [0.05, 0.1) is 4.88 Å². The second-order valence-corrected chi connectivity index (χ2v) is 10.0. The first kappa shape index (κ1) is 23.3. The van der Waals surface area contributed by atoms with Crippen molar-refractivity contribution in [1.29, 1.82) is 0 Å². The number of aryl methyl sites for hydroxylation is 1. The molecule has 2 aromatic heterocycles. The number of thiophene rings is 1. The van der Waals surface area contributed by atoms with Gasteiger partial charge in [-0.3, -0.25) is 14.5 Å². The molecule has 1 fully saturated rings. The summed E-state index contributed by atoms with van der Waals surface area (Å²) in [5, 5.41) is 5.99. The van der Waals surface area contributed by atoms with Crippen molar-refractivity contribution in [3.63, 3.8) is 0 Å². The third kappa shape index (κ3) is 5.31. The predicted molar refractivity (Wildman–Crippen MR) is 141 cm³/mol. The molecule has 1 saturated heterocycles. The third-order valence-corrected chi connectivity index (χ3v) is 7.66. The molecule has 2 amide bonds. The van der Waals surface area contributed by atoms with Gasteiger partial charge in [0, 0.05) is 56.2 Å². The van der Waals surface area contributed by atoms with Gasteiger partial charge in [-0.25, -0.2) is 0 Å². The van der Waals surface area contributed by atoms with Crippen LogP contribution in [0.5, 0.6) is 0 Å². The van der Waals surface area contributed by atoms with Crippen LogP contribution in [-0.2, 0) is 17.8 Å². The Balaban J connectivity index is 1.29. The molecule has 6 nitrogen and oxygen atoms in total. The molecule has 5 rings (SSSR count). The molecule has 4 aromatic rings. The van der Waals surface area contributed by atoms with E-state index in [-0.39, 0.29) is 11.8 Å². The molecule has 0 spiro atoms. The van der Waals surface area contributed by atoms with Gasteiger partial charge >= 0.3 is 0 Å². The van der Waals surface area contributed by atoms with Crippen molar-refractivity contribution in [1.82, 2.24) is 20.1 Å². The second kappa shape index (κ2) is 10.5. The van der Waals surface area contributed by atoms with Gasteiger partial charge in [0.25, 0.3) is 5.91 Å². The van der Waals surface area contributed by atoms with Gasteiger partial charge in [-0.1, -0.05) is 48.5 Å². The lowest BCUT2D eigenvalue weighted by Gasteiger charge is -2.36. The molecular formula is C28H30N4O2S. The summed E-state index contributed by atoms with van der Waals surface area (Å²) in [6, 6.07) is 19.5. The lowest BCUT2D eigenvalue weighted by Crippen LogP contribution is -2.55. The van der Waals surface area contributed by atoms with Crippen molar-refractivity contribution >= 4 is 34.1 Å². The van der Waals surface area contributed by atoms with E-state index in [0.29, 0.717) is 24.4 Å². The Kier molecular flexibility index (Phi) is 6.97. The number of aromatic amines is 1. The van der Waals surface area contributed by atoms with Crippen molar-refractivity contribution in [3.05, 3.63) is 93.8 Å². The number of aromatic nitrogens is 1. The van der Waals surface area contributed by atoms with E-state index in [4.69, 9.17) is 0 Å². The Morgan fingerprint density at radius 2 is 1.74 bits per heavy atom. The van der Waals surface area contributed by atoms with Crippen molar-refractivity contribution in [2.75, 3.05) is 26.2 Å². The number of nitrogens with one attached hydrogen (secondary N) is 2. The minimum Gasteiger partial charge on any atom is -0.361 e. The average Bonchev–Trinajstić information content (AvgIpc) is 3.56. The standard InChI is InChI=1S/C28H30N4O2S/c1-20-7-2-3-8-21(20)19-31-12-14-32(15-13-31)28(34)25(30-27(33)26-11-6-16-35-26)17-22-18-29-24-10-5-4-9-23(22)24/h2-11,16,18,25,29H,12-15,17,19H2,1H3,(H,30,33)/t25-/m0/s1. The number of para-hydroxylation sites is 1. The molecule has 2 aromatic carbocycles. The van der Waals surface area contributed by atoms with Crippen molar-refractivity contribution in [2.45, 2.75) is 25.9 Å². The molecule has 0 saturated carbocycles. The summed E-state index contributed by atoms with van der Waals surface area (Å²) in [5.74, 6) is -0.216. The van der Waals surface area contributed by atoms with Crippen LogP contribution in [0.4, 0.5) is 0 Å². The summed E-state index contributed by atoms with van der Waals surface area (Å²) in [6.07, 6.45) is 2.39. The smallest absolute Gasteiger partial charge is 0.262 e. The molecule has 7 heteroatoms. The molecule has 1 atom stereocenters. The minimum atomic E-state index is -0.619. The molecule has 0 bridgehead atoms. The molecule has 0 aliphatic carbocycles. The highest BCUT2D eigenvalue weighted by Gasteiger charge is 2.30. The maximum Gasteiger partial charge on any atom is 0.262 e. The summed E-state index contributed by atoms with van der Waals surface area (Å²) < 4.78 is 0. The van der Waals surface area contributed by atoms with Gasteiger partial charge in [-0.05, 0) is 41.1 Å². The van der Waals surface area contributed by atoms with E-state index in [2.05, 4.69) is 46.4 Å². The normalized spacial score (nSPS) is 15.3. The lowest BCUT2D eigenvalue weighted by molar-refractivity contribution is -0.135.